The normalized spacial score (nSPS) is 8.62. The molecule has 0 saturated heterocycles. The number of hydrogen-bond donors (Lipinski definition) is 0. The summed E-state index contributed by atoms with van der Waals surface area (Å²) in [6.07, 6.45) is 0. The van der Waals surface area contributed by atoms with Crippen molar-refractivity contribution in [3.05, 3.63) is 42.0 Å². The van der Waals surface area contributed by atoms with Crippen molar-refractivity contribution in [2.75, 3.05) is 0 Å². The second-order valence-corrected chi connectivity index (χ2v) is 1.85. The van der Waals surface area contributed by atoms with Crippen LogP contribution in [0.15, 0.2) is 36.4 Å². The first kappa shape index (κ1) is 5.23. The summed E-state index contributed by atoms with van der Waals surface area (Å²) in [5, 5.41) is 0. The van der Waals surface area contributed by atoms with Gasteiger partial charge in [0.25, 0.3) is 0 Å². The molecule has 0 amide bonds. The molecule has 0 saturated carbocycles. The Balaban J connectivity index is 3.12. The van der Waals surface area contributed by atoms with E-state index in [2.05, 4.69) is 19.1 Å². The lowest BCUT2D eigenvalue weighted by Gasteiger charge is -1.67. The van der Waals surface area contributed by atoms with Crippen LogP contribution >= 0.6 is 0 Å². The molecule has 0 unspecified atom stereocenters. The molecule has 40 valence electrons. The summed E-state index contributed by atoms with van der Waals surface area (Å²) < 4.78 is 0. The van der Waals surface area contributed by atoms with Crippen LogP contribution in [0, 0.1) is 6.92 Å². The molecular weight excluding hydrogens is 96.1 g/mol. The van der Waals surface area contributed by atoms with Crippen LogP contribution in [0.2, 0.25) is 0 Å². The van der Waals surface area contributed by atoms with Crippen molar-refractivity contribution >= 4 is 0 Å². The van der Waals surface area contributed by atoms with Gasteiger partial charge in [-0.25, -0.2) is 0 Å². The van der Waals surface area contributed by atoms with Crippen molar-refractivity contribution in [1.29, 1.82) is 0 Å². The van der Waals surface area contributed by atoms with E-state index >= 15 is 0 Å². The smallest absolute Gasteiger partial charge is 0.0260 e. The summed E-state index contributed by atoms with van der Waals surface area (Å²) in [6.45, 7) is 2.08. The predicted molar refractivity (Wildman–Crippen MR) is 35.6 cm³/mol. The molecule has 8 heavy (non-hydrogen) atoms. The third-order valence-electron chi connectivity index (χ3n) is 1.05. The summed E-state index contributed by atoms with van der Waals surface area (Å²) in [4.78, 5) is 0. The van der Waals surface area contributed by atoms with E-state index in [1.54, 1.807) is 0 Å². The van der Waals surface area contributed by atoms with Crippen LogP contribution in [0.5, 0.6) is 0 Å². The summed E-state index contributed by atoms with van der Waals surface area (Å²) in [5.41, 5.74) is 1.30. The predicted octanol–water partition coefficient (Wildman–Crippen LogP) is 2.28. The first-order valence-electron chi connectivity index (χ1n) is 2.74. The Kier molecular flexibility index (Phi) is 1.58. The van der Waals surface area contributed by atoms with Crippen LogP contribution in [0.4, 0.5) is 0 Å². The molecule has 0 heterocycles. The minimum absolute atomic E-state index is 1.30. The minimum atomic E-state index is 1.30. The average molecular weight is 105 g/mol. The van der Waals surface area contributed by atoms with Gasteiger partial charge in [-0.1, -0.05) is 0 Å². The van der Waals surface area contributed by atoms with Gasteiger partial charge in [-0.15, -0.1) is 0 Å². The Bertz CT molecular complexity index is 154. The molecule has 0 aliphatic carbocycles. The average Bonchev–Trinajstić information content (AvgIpc) is 1.94. The zero-order valence-electron chi connectivity index (χ0n) is 4.96. The van der Waals surface area contributed by atoms with Gasteiger partial charge in [-0.2, -0.15) is 0 Å². The highest BCUT2D eigenvalue weighted by Gasteiger charge is 1.78. The Morgan fingerprint density at radius 2 is 2.12 bits per heavy atom. The maximum atomic E-state index is 2.08. The van der Waals surface area contributed by atoms with Gasteiger partial charge >= 0.3 is 0 Å². The highest BCUT2D eigenvalue weighted by molar-refractivity contribution is 5.10. The largest absolute Gasteiger partial charge is 0.0470 e. The molecule has 0 aliphatic rings. The van der Waals surface area contributed by atoms with Gasteiger partial charge in [0, 0.05) is 42.0 Å². The highest BCUT2D eigenvalue weighted by Crippen LogP contribution is 1.91. The van der Waals surface area contributed by atoms with E-state index in [-0.39, 0.29) is 0 Å². The molecule has 1 aromatic carbocycles. The van der Waals surface area contributed by atoms with Gasteiger partial charge in [-0.3, -0.25) is 0 Å². The van der Waals surface area contributed by atoms with Crippen molar-refractivity contribution in [1.82, 2.24) is 0 Å². The van der Waals surface area contributed by atoms with Crippen LogP contribution in [0.3, 0.4) is 0 Å². The number of hydrogen-bond acceptors (Lipinski definition) is 0. The molecule has 0 N–H and O–H groups in total. The molecule has 0 aromatic heterocycles. The van der Waals surface area contributed by atoms with E-state index in [0.29, 0.717) is 0 Å². The van der Waals surface area contributed by atoms with Gasteiger partial charge < -0.3 is 0 Å². The van der Waals surface area contributed by atoms with Crippen LogP contribution in [0.1, 0.15) is 5.56 Å². The van der Waals surface area contributed by atoms with Crippen LogP contribution in [0.25, 0.3) is 0 Å². The summed E-state index contributed by atoms with van der Waals surface area (Å²) in [7, 11) is 0. The molecule has 0 spiro atoms. The quantitative estimate of drug-likeness (QED) is 0.444. The van der Waals surface area contributed by atoms with Gasteiger partial charge in [0.15, 0.2) is 0 Å². The molecule has 1 rings (SSSR count). The lowest BCUT2D eigenvalue weighted by atomic mass is 10.3. The van der Waals surface area contributed by atoms with Crippen molar-refractivity contribution in [3.8, 4) is 0 Å². The molecular formula is C8H9+. The van der Waals surface area contributed by atoms with E-state index in [1.807, 2.05) is 24.3 Å². The molecule has 0 nitrogen and oxygen atoms in total. The van der Waals surface area contributed by atoms with Crippen LogP contribution in [-0.2, 0) is 0 Å². The van der Waals surface area contributed by atoms with E-state index in [1.165, 1.54) is 5.56 Å². The monoisotopic (exact) mass is 105 g/mol. The lowest BCUT2D eigenvalue weighted by Crippen LogP contribution is -1.55. The SMILES string of the molecule is Cc1ccc[cH+]cc1. The fraction of sp³-hybridized carbons (Fsp3) is 0.125. The second-order valence-electron chi connectivity index (χ2n) is 1.85. The first-order valence-corrected chi connectivity index (χ1v) is 2.74. The maximum Gasteiger partial charge on any atom is 0.0470 e. The minimum Gasteiger partial charge on any atom is -0.0260 e. The van der Waals surface area contributed by atoms with Crippen molar-refractivity contribution in [2.45, 2.75) is 6.92 Å². The molecule has 0 atom stereocenters. The fourth-order valence-corrected chi connectivity index (χ4v) is 0.599. The topological polar surface area (TPSA) is 0 Å². The molecule has 1 aromatic rings. The van der Waals surface area contributed by atoms with E-state index in [0.717, 1.165) is 0 Å². The van der Waals surface area contributed by atoms with Crippen molar-refractivity contribution in [3.63, 3.8) is 0 Å². The molecule has 0 aliphatic heterocycles. The molecule has 0 bridgehead atoms. The van der Waals surface area contributed by atoms with Crippen LogP contribution in [-0.4, -0.2) is 0 Å². The van der Waals surface area contributed by atoms with Crippen molar-refractivity contribution in [2.24, 2.45) is 0 Å². The van der Waals surface area contributed by atoms with Gasteiger partial charge in [0.2, 0.25) is 0 Å². The molecule has 0 heteroatoms. The Morgan fingerprint density at radius 3 is 3.00 bits per heavy atom. The van der Waals surface area contributed by atoms with Gasteiger partial charge in [-0.05, 0) is 6.92 Å². The Morgan fingerprint density at radius 1 is 1.25 bits per heavy atom. The lowest BCUT2D eigenvalue weighted by molar-refractivity contribution is 1.52. The zero-order valence-corrected chi connectivity index (χ0v) is 4.96. The zero-order chi connectivity index (χ0) is 5.82. The Hall–Kier alpha value is -0.910. The standard InChI is InChI=1S/C8H9/c1-8-6-4-2-3-5-7-8/h2-7H,1H3/q+1. The second kappa shape index (κ2) is 2.41. The summed E-state index contributed by atoms with van der Waals surface area (Å²) in [5.74, 6) is 0. The maximum absolute atomic E-state index is 2.08. The summed E-state index contributed by atoms with van der Waals surface area (Å²) >= 11 is 0. The fourth-order valence-electron chi connectivity index (χ4n) is 0.599. The van der Waals surface area contributed by atoms with Gasteiger partial charge in [0.05, 0.1) is 0 Å². The van der Waals surface area contributed by atoms with E-state index in [4.69, 9.17) is 0 Å². The Labute approximate surface area is 49.8 Å². The third-order valence-corrected chi connectivity index (χ3v) is 1.05. The third kappa shape index (κ3) is 1.30. The van der Waals surface area contributed by atoms with Gasteiger partial charge in [0.1, 0.15) is 0 Å². The number of rotatable bonds is 0. The van der Waals surface area contributed by atoms with E-state index in [9.17, 15) is 0 Å². The molecule has 0 fully saturated rings. The van der Waals surface area contributed by atoms with Crippen molar-refractivity contribution < 1.29 is 0 Å². The van der Waals surface area contributed by atoms with Crippen LogP contribution < -0.4 is 0 Å². The van der Waals surface area contributed by atoms with E-state index < -0.39 is 0 Å². The highest BCUT2D eigenvalue weighted by atomic mass is 13.8. The number of aryl methyl sites for hydroxylation is 1. The first-order chi connectivity index (χ1) is 3.89. The summed E-state index contributed by atoms with van der Waals surface area (Å²) in [6, 6.07) is 12.3. The molecule has 0 radical (unpaired) electrons.